The highest BCUT2D eigenvalue weighted by Gasteiger charge is 2.41. The Bertz CT molecular complexity index is 6220. The van der Waals surface area contributed by atoms with Crippen molar-refractivity contribution in [3.63, 3.8) is 0 Å². The van der Waals surface area contributed by atoms with E-state index in [1.165, 1.54) is 91.1 Å². The third kappa shape index (κ3) is 21.4. The number of carbonyl (C=O) groups is 3. The molecule has 6 saturated heterocycles. The maximum absolute atomic E-state index is 13.3. The lowest BCUT2D eigenvalue weighted by molar-refractivity contribution is -0.129. The predicted molar refractivity (Wildman–Crippen MR) is 530 cm³/mol. The molecule has 0 bridgehead atoms. The van der Waals surface area contributed by atoms with E-state index in [2.05, 4.69) is 227 Å². The molecule has 6 aromatic carbocycles. The molecular weight excluding hydrogens is 1710 g/mol. The van der Waals surface area contributed by atoms with Crippen LogP contribution in [-0.2, 0) is 59.8 Å². The highest BCUT2D eigenvalue weighted by molar-refractivity contribution is 6.00. The standard InChI is InChI=1S/C37H43N9O2.C34H41N7O3.C34H39N7O3/c1-27-9-4-10-28-11-5-13-33(35(27)28)43-20-15-31-32(25-43)40-37(48-26-29-12-6-17-42(29)3)41-36(31)44-21-22-46(30(24-44)23-38-2)34(47)14-7-18-45-19-8-16-39-45;2*1-24-8-4-9-25-10-5-12-30(32(24)25)39-16-14-28-29(22-39)36-34(44-23-26-11-6-15-38(26)3)37-33(28)40-17-18-41(27(21-40)20-35-2)31(43)13-7-19-42/h4-5,7-11,13-14,16,19,29-30H,6,12,15,17-18,20-26H2,1,3H3;4-5,7-10,12-13,26-27,42H,6,11,14-23H2,1,3H3;4-5,8-10,12,26-27,42H,6,11,14-23H2,1,3H3/b14-7+;13-7+;/t29-,30-;2*26-,27-/m000/s1. The third-order valence-electron chi connectivity index (χ3n) is 28.4. The fraction of sp³-hybridized carbons (Fsp3) is 0.457. The molecule has 6 fully saturated rings. The van der Waals surface area contributed by atoms with Gasteiger partial charge in [-0.1, -0.05) is 109 Å². The maximum atomic E-state index is 13.3. The van der Waals surface area contributed by atoms with Crippen molar-refractivity contribution in [2.45, 2.75) is 141 Å². The molecule has 0 aliphatic carbocycles. The third-order valence-corrected chi connectivity index (χ3v) is 28.4. The molecule has 4 aromatic heterocycles. The van der Waals surface area contributed by atoms with E-state index in [1.54, 1.807) is 26.8 Å². The van der Waals surface area contributed by atoms with E-state index in [-0.39, 0.29) is 68.7 Å². The van der Waals surface area contributed by atoms with Crippen molar-refractivity contribution in [2.24, 2.45) is 0 Å². The summed E-state index contributed by atoms with van der Waals surface area (Å²) in [7, 11) is 6.42. The lowest BCUT2D eigenvalue weighted by atomic mass is 9.99. The molecule has 0 radical (unpaired) electrons. The molecule has 6 atom stereocenters. The van der Waals surface area contributed by atoms with E-state index in [1.807, 2.05) is 23.2 Å². The topological polar surface area (TPSA) is 266 Å². The zero-order chi connectivity index (χ0) is 94.3. The first-order chi connectivity index (χ1) is 66.4. The minimum absolute atomic E-state index is 0.0779. The van der Waals surface area contributed by atoms with Gasteiger partial charge in [0.25, 0.3) is 5.91 Å². The second-order valence-corrected chi connectivity index (χ2v) is 37.0. The number of allylic oxidation sites excluding steroid dienone is 1. The van der Waals surface area contributed by atoms with Gasteiger partial charge in [-0.15, -0.1) is 0 Å². The number of aliphatic hydroxyl groups is 2. The van der Waals surface area contributed by atoms with Gasteiger partial charge in [0.2, 0.25) is 31.4 Å². The number of anilines is 6. The maximum Gasteiger partial charge on any atom is 0.318 e. The van der Waals surface area contributed by atoms with Gasteiger partial charge in [-0.25, -0.2) is 19.7 Å². The van der Waals surface area contributed by atoms with Crippen LogP contribution in [0.4, 0.5) is 34.5 Å². The first kappa shape index (κ1) is 94.2. The van der Waals surface area contributed by atoms with E-state index in [0.29, 0.717) is 141 Å². The fourth-order valence-corrected chi connectivity index (χ4v) is 21.1. The van der Waals surface area contributed by atoms with Crippen molar-refractivity contribution in [1.29, 1.82) is 0 Å². The molecule has 136 heavy (non-hydrogen) atoms. The SMILES string of the molecule is [C-]#[N+]C[C@H]1CN(c2nc(OC[C@@H]3CCCN3C)nc3c2CCN(c2cccc4cccc(C)c24)C3)CCN1C(=O)/C=C/CO.[C-]#[N+]C[C@H]1CN(c2nc(OC[C@@H]3CCCN3C)nc3c2CCN(c2cccc4cccc(C)c24)C3)CCN1C(=O)/C=C/Cn1cccn1.[C-]#[N+]C[C@H]1CN(c2nc(OC[C@@H]3CCCN3C)nc3c2CCN(c2cccc4cccc(C)c24)C3)CCN1C(=O)C#CCO. The Balaban J connectivity index is 0.000000142. The van der Waals surface area contributed by atoms with Gasteiger partial charge in [-0.2, -0.15) is 35.0 Å². The van der Waals surface area contributed by atoms with Crippen LogP contribution in [0.3, 0.4) is 0 Å². The lowest BCUT2D eigenvalue weighted by Gasteiger charge is -2.41. The number of aliphatic hydroxyl groups excluding tert-OH is 2. The monoisotopic (exact) mass is 1830 g/mol. The average molecular weight is 1840 g/mol. The quantitative estimate of drug-likeness (QED) is 0.0342. The number of fused-ring (bicyclic) bond motifs is 6. The Morgan fingerprint density at radius 3 is 1.13 bits per heavy atom. The number of ether oxygens (including phenoxy) is 3. The van der Waals surface area contributed by atoms with Crippen LogP contribution in [0, 0.1) is 52.3 Å². The Kier molecular flexibility index (Phi) is 30.4. The highest BCUT2D eigenvalue weighted by atomic mass is 16.5. The highest BCUT2D eigenvalue weighted by Crippen LogP contribution is 2.42. The molecule has 3 amide bonds. The summed E-state index contributed by atoms with van der Waals surface area (Å²) in [5.74, 6) is 6.90. The number of hydrogen-bond acceptors (Lipinski definition) is 24. The fourth-order valence-electron chi connectivity index (χ4n) is 21.1. The summed E-state index contributed by atoms with van der Waals surface area (Å²) in [4.78, 5) is 106. The van der Waals surface area contributed by atoms with Gasteiger partial charge < -0.3 is 97.8 Å². The molecule has 31 heteroatoms. The number of aromatic nitrogens is 8. The number of likely N-dealkylation sites (tertiary alicyclic amines) is 3. The van der Waals surface area contributed by atoms with Gasteiger partial charge in [0.1, 0.15) is 62.0 Å². The first-order valence-corrected chi connectivity index (χ1v) is 48.0. The molecular formula is C105H123N23O8. The minimum Gasteiger partial charge on any atom is -0.462 e. The summed E-state index contributed by atoms with van der Waals surface area (Å²) in [5, 5.41) is 29.9. The number of likely N-dealkylation sites (N-methyl/N-ethyl adjacent to an activating group) is 3. The molecule has 0 unspecified atom stereocenters. The smallest absolute Gasteiger partial charge is 0.318 e. The second-order valence-electron chi connectivity index (χ2n) is 37.0. The summed E-state index contributed by atoms with van der Waals surface area (Å²) in [6.45, 7) is 43.8. The van der Waals surface area contributed by atoms with E-state index >= 15 is 0 Å². The van der Waals surface area contributed by atoms with Gasteiger partial charge in [0, 0.05) is 171 Å². The van der Waals surface area contributed by atoms with Gasteiger partial charge in [0.05, 0.1) is 49.9 Å². The molecule has 0 spiro atoms. The molecule has 2 N–H and O–H groups in total. The Hall–Kier alpha value is -13.5. The van der Waals surface area contributed by atoms with Crippen molar-refractivity contribution in [3.8, 4) is 29.9 Å². The number of piperazine rings is 3. The first-order valence-electron chi connectivity index (χ1n) is 48.0. The Morgan fingerprint density at radius 1 is 0.434 bits per heavy atom. The van der Waals surface area contributed by atoms with Crippen LogP contribution in [0.1, 0.15) is 89.0 Å². The van der Waals surface area contributed by atoms with Crippen LogP contribution in [0.2, 0.25) is 0 Å². The molecule has 0 saturated carbocycles. The van der Waals surface area contributed by atoms with E-state index in [4.69, 9.17) is 74.0 Å². The van der Waals surface area contributed by atoms with Gasteiger partial charge in [-0.05, 0) is 182 Å². The van der Waals surface area contributed by atoms with Crippen LogP contribution in [0.15, 0.2) is 152 Å². The van der Waals surface area contributed by atoms with Crippen LogP contribution < -0.4 is 43.6 Å². The molecule has 13 heterocycles. The number of benzene rings is 6. The minimum atomic E-state index is -0.374. The zero-order valence-electron chi connectivity index (χ0n) is 79.0. The summed E-state index contributed by atoms with van der Waals surface area (Å²) in [5.41, 5.74) is 13.6. The van der Waals surface area contributed by atoms with E-state index in [0.717, 1.165) is 135 Å². The van der Waals surface area contributed by atoms with E-state index < -0.39 is 0 Å². The normalized spacial score (nSPS) is 20.3. The van der Waals surface area contributed by atoms with E-state index in [9.17, 15) is 14.4 Å². The number of carbonyl (C=O) groups excluding carboxylic acids is 3. The van der Waals surface area contributed by atoms with Gasteiger partial charge in [0.15, 0.2) is 0 Å². The van der Waals surface area contributed by atoms with Crippen LogP contribution in [0.25, 0.3) is 46.9 Å². The van der Waals surface area contributed by atoms with Crippen molar-refractivity contribution in [3.05, 3.63) is 237 Å². The van der Waals surface area contributed by atoms with Gasteiger partial charge in [-0.3, -0.25) is 19.1 Å². The zero-order valence-corrected chi connectivity index (χ0v) is 79.0. The largest absolute Gasteiger partial charge is 0.462 e. The summed E-state index contributed by atoms with van der Waals surface area (Å²) in [6, 6.07) is 42.0. The molecule has 19 rings (SSSR count). The summed E-state index contributed by atoms with van der Waals surface area (Å²) in [6.07, 6.45) is 19.0. The van der Waals surface area contributed by atoms with Crippen LogP contribution >= 0.6 is 0 Å². The molecule has 9 aliphatic heterocycles. The Labute approximate surface area is 797 Å². The second kappa shape index (κ2) is 43.9. The van der Waals surface area contributed by atoms with Crippen LogP contribution in [0.5, 0.6) is 18.0 Å². The van der Waals surface area contributed by atoms with Gasteiger partial charge >= 0.3 is 18.0 Å². The Morgan fingerprint density at radius 2 is 0.794 bits per heavy atom. The number of rotatable bonds is 23. The molecule has 9 aliphatic rings. The number of aryl methyl sites for hydroxylation is 3. The number of nitrogens with zero attached hydrogens (tertiary/aromatic N) is 23. The van der Waals surface area contributed by atoms with Crippen molar-refractivity contribution in [2.75, 3.05) is 201 Å². The number of hydrogen-bond donors (Lipinski definition) is 2. The predicted octanol–water partition coefficient (Wildman–Crippen LogP) is 10.7. The number of amides is 3. The lowest BCUT2D eigenvalue weighted by Crippen LogP contribution is -2.56. The van der Waals surface area contributed by atoms with Crippen molar-refractivity contribution < 1.29 is 38.8 Å². The summed E-state index contributed by atoms with van der Waals surface area (Å²) >= 11 is 0. The van der Waals surface area contributed by atoms with Crippen LogP contribution in [-0.4, -0.2) is 305 Å². The van der Waals surface area contributed by atoms with Crippen molar-refractivity contribution >= 4 is 84.6 Å². The summed E-state index contributed by atoms with van der Waals surface area (Å²) < 4.78 is 20.7. The van der Waals surface area contributed by atoms with Crippen molar-refractivity contribution in [1.82, 2.24) is 69.1 Å². The molecule has 10 aromatic rings. The molecule has 31 nitrogen and oxygen atoms in total. The average Bonchev–Trinajstić information content (AvgIpc) is 1.06. The molecule has 706 valence electrons.